The van der Waals surface area contributed by atoms with Crippen LogP contribution in [0, 0.1) is 35.5 Å². The lowest BCUT2D eigenvalue weighted by molar-refractivity contribution is 0.0365. The molecule has 13 heavy (non-hydrogen) atoms. The van der Waals surface area contributed by atoms with Crippen molar-refractivity contribution in [2.45, 2.75) is 31.5 Å². The summed E-state index contributed by atoms with van der Waals surface area (Å²) in [5, 5.41) is 19.9. The molecule has 0 aromatic rings. The summed E-state index contributed by atoms with van der Waals surface area (Å²) in [6.45, 7) is 0. The zero-order valence-corrected chi connectivity index (χ0v) is 7.63. The van der Waals surface area contributed by atoms with Gasteiger partial charge >= 0.3 is 0 Å². The van der Waals surface area contributed by atoms with Crippen molar-refractivity contribution < 1.29 is 10.2 Å². The van der Waals surface area contributed by atoms with Crippen LogP contribution in [0.15, 0.2) is 0 Å². The number of hydrogen-bond acceptors (Lipinski definition) is 2. The van der Waals surface area contributed by atoms with E-state index >= 15 is 0 Å². The van der Waals surface area contributed by atoms with Crippen LogP contribution in [0.4, 0.5) is 0 Å². The second kappa shape index (κ2) is 1.96. The lowest BCUT2D eigenvalue weighted by atomic mass is 9.79. The van der Waals surface area contributed by atoms with Crippen LogP contribution in [0.3, 0.4) is 0 Å². The second-order valence-corrected chi connectivity index (χ2v) is 5.65. The topological polar surface area (TPSA) is 40.5 Å². The van der Waals surface area contributed by atoms with Gasteiger partial charge in [0, 0.05) is 0 Å². The van der Waals surface area contributed by atoms with Gasteiger partial charge in [0.05, 0.1) is 12.2 Å². The quantitative estimate of drug-likeness (QED) is 0.574. The molecular weight excluding hydrogens is 164 g/mol. The van der Waals surface area contributed by atoms with Gasteiger partial charge in [-0.2, -0.15) is 0 Å². The highest BCUT2D eigenvalue weighted by Gasteiger charge is 2.68. The molecule has 0 aliphatic heterocycles. The maximum Gasteiger partial charge on any atom is 0.0577 e. The number of hydrogen-bond donors (Lipinski definition) is 2. The fourth-order valence-corrected chi connectivity index (χ4v) is 5.41. The third-order valence-corrected chi connectivity index (χ3v) is 5.54. The molecule has 2 heteroatoms. The molecule has 2 bridgehead atoms. The van der Waals surface area contributed by atoms with E-state index in [9.17, 15) is 10.2 Å². The van der Waals surface area contributed by atoms with Crippen molar-refractivity contribution in [3.63, 3.8) is 0 Å². The molecule has 4 rings (SSSR count). The van der Waals surface area contributed by atoms with Gasteiger partial charge in [-0.25, -0.2) is 0 Å². The Kier molecular flexibility index (Phi) is 1.09. The van der Waals surface area contributed by atoms with E-state index in [0.29, 0.717) is 11.8 Å². The van der Waals surface area contributed by atoms with Crippen molar-refractivity contribution in [3.8, 4) is 0 Å². The van der Waals surface area contributed by atoms with Crippen molar-refractivity contribution in [3.05, 3.63) is 0 Å². The second-order valence-electron chi connectivity index (χ2n) is 5.65. The van der Waals surface area contributed by atoms with E-state index in [-0.39, 0.29) is 12.2 Å². The summed E-state index contributed by atoms with van der Waals surface area (Å²) in [5.74, 6) is 4.07. The Morgan fingerprint density at radius 3 is 1.54 bits per heavy atom. The van der Waals surface area contributed by atoms with Gasteiger partial charge in [0.1, 0.15) is 0 Å². The average Bonchev–Trinajstić information content (AvgIpc) is 2.67. The van der Waals surface area contributed by atoms with E-state index < -0.39 is 0 Å². The summed E-state index contributed by atoms with van der Waals surface area (Å²) in [4.78, 5) is 0. The predicted octanol–water partition coefficient (Wildman–Crippen LogP) is 0.630. The van der Waals surface area contributed by atoms with Crippen molar-refractivity contribution >= 4 is 0 Å². The fourth-order valence-electron chi connectivity index (χ4n) is 5.41. The van der Waals surface area contributed by atoms with Gasteiger partial charge in [-0.3, -0.25) is 0 Å². The van der Waals surface area contributed by atoms with E-state index in [1.54, 1.807) is 0 Å². The van der Waals surface area contributed by atoms with Crippen LogP contribution in [-0.4, -0.2) is 22.4 Å². The smallest absolute Gasteiger partial charge is 0.0577 e. The molecule has 0 heterocycles. The van der Waals surface area contributed by atoms with Crippen LogP contribution in [-0.2, 0) is 0 Å². The monoisotopic (exact) mass is 180 g/mol. The number of fused-ring (bicyclic) bond motifs is 2. The van der Waals surface area contributed by atoms with Gasteiger partial charge in [0.25, 0.3) is 0 Å². The highest BCUT2D eigenvalue weighted by atomic mass is 16.3. The van der Waals surface area contributed by atoms with E-state index in [2.05, 4.69) is 0 Å². The number of aliphatic hydroxyl groups excluding tert-OH is 2. The van der Waals surface area contributed by atoms with Crippen molar-refractivity contribution in [2.24, 2.45) is 35.5 Å². The lowest BCUT2D eigenvalue weighted by Gasteiger charge is -2.27. The van der Waals surface area contributed by atoms with Gasteiger partial charge in [-0.1, -0.05) is 0 Å². The Bertz CT molecular complexity index is 235. The standard InChI is InChI=1S/C11H16O2/c12-8-2-4-5-3-9(13)11-7(5)1-6(4)10(8)11/h4-13H,1-3H2/t4?,5?,6?,7?,8-,9+,10?,11?. The minimum atomic E-state index is -0.0788. The summed E-state index contributed by atoms with van der Waals surface area (Å²) < 4.78 is 0. The van der Waals surface area contributed by atoms with Crippen LogP contribution >= 0.6 is 0 Å². The summed E-state index contributed by atoms with van der Waals surface area (Å²) >= 11 is 0. The van der Waals surface area contributed by atoms with Crippen molar-refractivity contribution in [2.75, 3.05) is 0 Å². The molecule has 4 aliphatic carbocycles. The molecular formula is C11H16O2. The van der Waals surface area contributed by atoms with Crippen LogP contribution in [0.5, 0.6) is 0 Å². The molecule has 8 atom stereocenters. The Morgan fingerprint density at radius 1 is 0.615 bits per heavy atom. The van der Waals surface area contributed by atoms with Crippen LogP contribution in [0.2, 0.25) is 0 Å². The fraction of sp³-hybridized carbons (Fsp3) is 1.00. The molecule has 0 amide bonds. The normalized spacial score (nSPS) is 72.5. The van der Waals surface area contributed by atoms with E-state index in [1.807, 2.05) is 0 Å². The zero-order chi connectivity index (χ0) is 8.74. The molecule has 0 saturated heterocycles. The molecule has 4 saturated carbocycles. The SMILES string of the molecule is O[C@@H]1CC2C3C[C@H](O)C4C3CC2C41. The summed E-state index contributed by atoms with van der Waals surface area (Å²) in [5.41, 5.74) is 0. The maximum absolute atomic E-state index is 9.93. The molecule has 72 valence electrons. The molecule has 0 radical (unpaired) electrons. The van der Waals surface area contributed by atoms with E-state index in [1.165, 1.54) is 6.42 Å². The van der Waals surface area contributed by atoms with Crippen LogP contribution < -0.4 is 0 Å². The largest absolute Gasteiger partial charge is 0.393 e. The number of rotatable bonds is 0. The van der Waals surface area contributed by atoms with Gasteiger partial charge in [0.15, 0.2) is 0 Å². The highest BCUT2D eigenvalue weighted by molar-refractivity contribution is 5.17. The molecule has 4 fully saturated rings. The summed E-state index contributed by atoms with van der Waals surface area (Å²) in [6, 6.07) is 0. The van der Waals surface area contributed by atoms with Gasteiger partial charge in [-0.15, -0.1) is 0 Å². The van der Waals surface area contributed by atoms with Crippen LogP contribution in [0.1, 0.15) is 19.3 Å². The molecule has 6 unspecified atom stereocenters. The summed E-state index contributed by atoms with van der Waals surface area (Å²) in [6.07, 6.45) is 3.24. The highest BCUT2D eigenvalue weighted by Crippen LogP contribution is 2.70. The average molecular weight is 180 g/mol. The minimum Gasteiger partial charge on any atom is -0.393 e. The zero-order valence-electron chi connectivity index (χ0n) is 7.63. The van der Waals surface area contributed by atoms with Crippen molar-refractivity contribution in [1.29, 1.82) is 0 Å². The minimum absolute atomic E-state index is 0.0788. The first kappa shape index (κ1) is 7.24. The maximum atomic E-state index is 9.93. The third kappa shape index (κ3) is 0.608. The Hall–Kier alpha value is -0.0800. The van der Waals surface area contributed by atoms with Gasteiger partial charge < -0.3 is 10.2 Å². The predicted molar refractivity (Wildman–Crippen MR) is 46.8 cm³/mol. The molecule has 0 aromatic carbocycles. The Balaban J connectivity index is 1.86. The van der Waals surface area contributed by atoms with E-state index in [4.69, 9.17) is 0 Å². The first-order chi connectivity index (χ1) is 6.27. The van der Waals surface area contributed by atoms with Crippen LogP contribution in [0.25, 0.3) is 0 Å². The lowest BCUT2D eigenvalue weighted by Crippen LogP contribution is -2.30. The summed E-state index contributed by atoms with van der Waals surface area (Å²) in [7, 11) is 0. The van der Waals surface area contributed by atoms with Crippen molar-refractivity contribution in [1.82, 2.24) is 0 Å². The molecule has 2 N–H and O–H groups in total. The molecule has 0 aromatic heterocycles. The first-order valence-electron chi connectivity index (χ1n) is 5.63. The van der Waals surface area contributed by atoms with E-state index in [0.717, 1.165) is 36.5 Å². The molecule has 0 spiro atoms. The Labute approximate surface area is 78.0 Å². The molecule has 4 aliphatic rings. The first-order valence-corrected chi connectivity index (χ1v) is 5.63. The Morgan fingerprint density at radius 2 is 1.08 bits per heavy atom. The number of aliphatic hydroxyl groups is 2. The molecule has 2 nitrogen and oxygen atoms in total. The third-order valence-electron chi connectivity index (χ3n) is 5.54. The van der Waals surface area contributed by atoms with Gasteiger partial charge in [0.2, 0.25) is 0 Å². The van der Waals surface area contributed by atoms with Gasteiger partial charge in [-0.05, 0) is 54.8 Å².